The molecule has 0 saturated carbocycles. The Balaban J connectivity index is 2.92. The van der Waals surface area contributed by atoms with Gasteiger partial charge in [0.2, 0.25) is 0 Å². The van der Waals surface area contributed by atoms with Gasteiger partial charge < -0.3 is 11.1 Å². The third-order valence-corrected chi connectivity index (χ3v) is 3.20. The Hall–Kier alpha value is -1.42. The van der Waals surface area contributed by atoms with Crippen LogP contribution in [0.5, 0.6) is 0 Å². The van der Waals surface area contributed by atoms with Crippen LogP contribution < -0.4 is 11.1 Å². The predicted molar refractivity (Wildman–Crippen MR) is 92.5 cm³/mol. The van der Waals surface area contributed by atoms with Gasteiger partial charge in [-0.05, 0) is 37.3 Å². The molecule has 0 aliphatic rings. The third kappa shape index (κ3) is 6.25. The zero-order valence-corrected chi connectivity index (χ0v) is 14.4. The topological polar surface area (TPSA) is 55.1 Å². The summed E-state index contributed by atoms with van der Waals surface area (Å²) in [6, 6.07) is 7.46. The molecule has 1 aromatic rings. The van der Waals surface area contributed by atoms with Gasteiger partial charge in [0.15, 0.2) is 0 Å². The molecule has 1 rings (SSSR count). The van der Waals surface area contributed by atoms with E-state index in [9.17, 15) is 4.79 Å². The molecule has 1 amide bonds. The highest BCUT2D eigenvalue weighted by Gasteiger charge is 2.27. The number of rotatable bonds is 5. The summed E-state index contributed by atoms with van der Waals surface area (Å²) < 4.78 is 0. The lowest BCUT2D eigenvalue weighted by atomic mass is 9.81. The zero-order chi connectivity index (χ0) is 16.3. The van der Waals surface area contributed by atoms with Crippen molar-refractivity contribution in [3.05, 3.63) is 35.4 Å². The quantitative estimate of drug-likeness (QED) is 0.819. The molecular formula is C17H26N2OS. The number of nitrogens with one attached hydrogen (secondary N) is 1. The molecule has 0 aliphatic heterocycles. The number of amides is 1. The first kappa shape index (κ1) is 17.6. The molecule has 0 radical (unpaired) electrons. The number of carbonyl (C=O) groups excluding carboxylic acids is 1. The molecule has 0 atom stereocenters. The minimum absolute atomic E-state index is 0.0731. The average molecular weight is 306 g/mol. The van der Waals surface area contributed by atoms with Gasteiger partial charge in [-0.3, -0.25) is 4.79 Å². The number of nitrogens with two attached hydrogens (primary N) is 1. The van der Waals surface area contributed by atoms with Crippen molar-refractivity contribution >= 4 is 23.1 Å². The summed E-state index contributed by atoms with van der Waals surface area (Å²) in [7, 11) is 0. The van der Waals surface area contributed by atoms with Crippen molar-refractivity contribution in [2.45, 2.75) is 53.0 Å². The SMILES string of the molecule is CC(C)(C)CC(C)(C)NC(=O)c1ccccc1CC(N)=S. The molecule has 0 aliphatic carbocycles. The Morgan fingerprint density at radius 2 is 1.76 bits per heavy atom. The van der Waals surface area contributed by atoms with E-state index in [0.717, 1.165) is 12.0 Å². The predicted octanol–water partition coefficient (Wildman–Crippen LogP) is 3.46. The number of carbonyl (C=O) groups is 1. The van der Waals surface area contributed by atoms with Crippen LogP contribution in [0.2, 0.25) is 0 Å². The van der Waals surface area contributed by atoms with Crippen molar-refractivity contribution in [1.29, 1.82) is 0 Å². The Morgan fingerprint density at radius 3 is 2.29 bits per heavy atom. The van der Waals surface area contributed by atoms with E-state index >= 15 is 0 Å². The molecule has 116 valence electrons. The van der Waals surface area contributed by atoms with E-state index in [2.05, 4.69) is 26.1 Å². The number of thiocarbonyl (C=S) groups is 1. The Bertz CT molecular complexity index is 530. The maximum Gasteiger partial charge on any atom is 0.251 e. The van der Waals surface area contributed by atoms with Crippen molar-refractivity contribution < 1.29 is 4.79 Å². The molecule has 21 heavy (non-hydrogen) atoms. The largest absolute Gasteiger partial charge is 0.393 e. The first-order valence-corrected chi connectivity index (χ1v) is 7.60. The molecule has 0 bridgehead atoms. The minimum Gasteiger partial charge on any atom is -0.393 e. The second kappa shape index (κ2) is 6.56. The standard InChI is InChI=1S/C17H26N2OS/c1-16(2,3)11-17(4,5)19-15(20)13-9-7-6-8-12(13)10-14(18)21/h6-9H,10-11H2,1-5H3,(H2,18,21)(H,19,20). The lowest BCUT2D eigenvalue weighted by Crippen LogP contribution is -2.46. The molecule has 0 spiro atoms. The van der Waals surface area contributed by atoms with Gasteiger partial charge >= 0.3 is 0 Å². The highest BCUT2D eigenvalue weighted by molar-refractivity contribution is 7.80. The van der Waals surface area contributed by atoms with E-state index in [0.29, 0.717) is 17.0 Å². The van der Waals surface area contributed by atoms with Crippen molar-refractivity contribution in [3.63, 3.8) is 0 Å². The monoisotopic (exact) mass is 306 g/mol. The summed E-state index contributed by atoms with van der Waals surface area (Å²) in [5.74, 6) is -0.0731. The highest BCUT2D eigenvalue weighted by atomic mass is 32.1. The van der Waals surface area contributed by atoms with E-state index in [-0.39, 0.29) is 16.9 Å². The van der Waals surface area contributed by atoms with Crippen molar-refractivity contribution in [2.24, 2.45) is 11.1 Å². The number of hydrogen-bond acceptors (Lipinski definition) is 2. The fourth-order valence-electron chi connectivity index (χ4n) is 2.83. The van der Waals surface area contributed by atoms with Crippen molar-refractivity contribution in [2.75, 3.05) is 0 Å². The van der Waals surface area contributed by atoms with Gasteiger partial charge in [-0.15, -0.1) is 0 Å². The van der Waals surface area contributed by atoms with Crippen LogP contribution in [0, 0.1) is 5.41 Å². The summed E-state index contributed by atoms with van der Waals surface area (Å²) in [5.41, 5.74) is 6.99. The van der Waals surface area contributed by atoms with Gasteiger partial charge in [0.05, 0.1) is 4.99 Å². The number of benzene rings is 1. The van der Waals surface area contributed by atoms with Crippen LogP contribution in [0.4, 0.5) is 0 Å². The van der Waals surface area contributed by atoms with Crippen molar-refractivity contribution in [3.8, 4) is 0 Å². The normalized spacial score (nSPS) is 12.0. The molecular weight excluding hydrogens is 280 g/mol. The molecule has 3 nitrogen and oxygen atoms in total. The lowest BCUT2D eigenvalue weighted by molar-refractivity contribution is 0.0890. The molecule has 3 N–H and O–H groups in total. The van der Waals surface area contributed by atoms with Crippen LogP contribution in [-0.4, -0.2) is 16.4 Å². The molecule has 0 aromatic heterocycles. The third-order valence-electron chi connectivity index (χ3n) is 3.05. The minimum atomic E-state index is -0.272. The Kier molecular flexibility index (Phi) is 5.51. The summed E-state index contributed by atoms with van der Waals surface area (Å²) >= 11 is 4.95. The van der Waals surface area contributed by atoms with Crippen LogP contribution in [-0.2, 0) is 6.42 Å². The Labute approximate surface area is 133 Å². The summed E-state index contributed by atoms with van der Waals surface area (Å²) in [5, 5.41) is 3.12. The van der Waals surface area contributed by atoms with Gasteiger partial charge in [-0.25, -0.2) is 0 Å². The molecule has 0 unspecified atom stereocenters. The van der Waals surface area contributed by atoms with Crippen LogP contribution in [0.3, 0.4) is 0 Å². The first-order chi connectivity index (χ1) is 9.50. The van der Waals surface area contributed by atoms with E-state index in [1.807, 2.05) is 38.1 Å². The summed E-state index contributed by atoms with van der Waals surface area (Å²) in [4.78, 5) is 12.9. The van der Waals surface area contributed by atoms with Crippen LogP contribution in [0.1, 0.15) is 57.0 Å². The molecule has 4 heteroatoms. The first-order valence-electron chi connectivity index (χ1n) is 7.19. The molecule has 1 aromatic carbocycles. The number of hydrogen-bond donors (Lipinski definition) is 2. The summed E-state index contributed by atoms with van der Waals surface area (Å²) in [6.45, 7) is 10.6. The fraction of sp³-hybridized carbons (Fsp3) is 0.529. The summed E-state index contributed by atoms with van der Waals surface area (Å²) in [6.07, 6.45) is 1.34. The van der Waals surface area contributed by atoms with E-state index in [4.69, 9.17) is 18.0 Å². The molecule has 0 fully saturated rings. The second-order valence-electron chi connectivity index (χ2n) is 7.38. The van der Waals surface area contributed by atoms with Gasteiger partial charge in [0.25, 0.3) is 5.91 Å². The van der Waals surface area contributed by atoms with Gasteiger partial charge in [-0.2, -0.15) is 0 Å². The smallest absolute Gasteiger partial charge is 0.251 e. The van der Waals surface area contributed by atoms with E-state index in [1.54, 1.807) is 0 Å². The average Bonchev–Trinajstić information content (AvgIpc) is 2.24. The van der Waals surface area contributed by atoms with Crippen LogP contribution in [0.15, 0.2) is 24.3 Å². The van der Waals surface area contributed by atoms with E-state index < -0.39 is 0 Å². The van der Waals surface area contributed by atoms with Crippen LogP contribution >= 0.6 is 12.2 Å². The van der Waals surface area contributed by atoms with Crippen molar-refractivity contribution in [1.82, 2.24) is 5.32 Å². The van der Waals surface area contributed by atoms with E-state index in [1.165, 1.54) is 0 Å². The van der Waals surface area contributed by atoms with Crippen LogP contribution in [0.25, 0.3) is 0 Å². The zero-order valence-electron chi connectivity index (χ0n) is 13.6. The molecule has 0 saturated heterocycles. The molecule has 0 heterocycles. The van der Waals surface area contributed by atoms with Gasteiger partial charge in [0.1, 0.15) is 0 Å². The lowest BCUT2D eigenvalue weighted by Gasteiger charge is -2.33. The highest BCUT2D eigenvalue weighted by Crippen LogP contribution is 2.27. The maximum absolute atomic E-state index is 12.6. The second-order valence-corrected chi connectivity index (χ2v) is 7.90. The fourth-order valence-corrected chi connectivity index (χ4v) is 2.98. The van der Waals surface area contributed by atoms with Gasteiger partial charge in [-0.1, -0.05) is 51.2 Å². The van der Waals surface area contributed by atoms with Gasteiger partial charge in [0, 0.05) is 17.5 Å². The maximum atomic E-state index is 12.6. The Morgan fingerprint density at radius 1 is 1.19 bits per heavy atom.